The first-order chi connectivity index (χ1) is 9.93. The third-order valence-corrected chi connectivity index (χ3v) is 3.29. The summed E-state index contributed by atoms with van der Waals surface area (Å²) < 4.78 is 0. The molecule has 2 amide bonds. The Morgan fingerprint density at radius 3 is 2.67 bits per heavy atom. The van der Waals surface area contributed by atoms with Gasteiger partial charge >= 0.3 is 12.0 Å². The van der Waals surface area contributed by atoms with Gasteiger partial charge in [0.2, 0.25) is 0 Å². The standard InChI is InChI=1S/C16H24N2O3/c1-4-5-9-14(15(19)20)17-16(21)18(3)11-13-8-6-7-12(2)10-13/h6-8,10,14H,4-5,9,11H2,1-3H3,(H,17,21)(H,19,20). The molecule has 0 radical (unpaired) electrons. The van der Waals surface area contributed by atoms with Gasteiger partial charge in [0.25, 0.3) is 0 Å². The van der Waals surface area contributed by atoms with E-state index in [9.17, 15) is 9.59 Å². The molecule has 0 aliphatic rings. The fourth-order valence-electron chi connectivity index (χ4n) is 2.08. The summed E-state index contributed by atoms with van der Waals surface area (Å²) in [7, 11) is 1.66. The van der Waals surface area contributed by atoms with Crippen LogP contribution in [0.5, 0.6) is 0 Å². The van der Waals surface area contributed by atoms with E-state index in [2.05, 4.69) is 5.32 Å². The predicted molar refractivity (Wildman–Crippen MR) is 82.1 cm³/mol. The number of nitrogens with zero attached hydrogens (tertiary/aromatic N) is 1. The predicted octanol–water partition coefficient (Wildman–Crippen LogP) is 2.78. The van der Waals surface area contributed by atoms with Crippen molar-refractivity contribution in [3.8, 4) is 0 Å². The highest BCUT2D eigenvalue weighted by molar-refractivity contribution is 5.82. The number of benzene rings is 1. The molecule has 21 heavy (non-hydrogen) atoms. The molecule has 0 fully saturated rings. The van der Waals surface area contributed by atoms with Crippen LogP contribution in [0.4, 0.5) is 4.79 Å². The lowest BCUT2D eigenvalue weighted by Crippen LogP contribution is -2.46. The number of hydrogen-bond donors (Lipinski definition) is 2. The largest absolute Gasteiger partial charge is 0.480 e. The maximum atomic E-state index is 12.1. The molecule has 1 aromatic rings. The minimum atomic E-state index is -0.985. The molecule has 0 aliphatic heterocycles. The van der Waals surface area contributed by atoms with Gasteiger partial charge in [-0.2, -0.15) is 0 Å². The summed E-state index contributed by atoms with van der Waals surface area (Å²) in [6.45, 7) is 4.44. The van der Waals surface area contributed by atoms with Crippen LogP contribution in [0.15, 0.2) is 24.3 Å². The van der Waals surface area contributed by atoms with Crippen LogP contribution in [0.3, 0.4) is 0 Å². The monoisotopic (exact) mass is 292 g/mol. The van der Waals surface area contributed by atoms with Crippen molar-refractivity contribution in [2.75, 3.05) is 7.05 Å². The fraction of sp³-hybridized carbons (Fsp3) is 0.500. The van der Waals surface area contributed by atoms with E-state index in [-0.39, 0.29) is 6.03 Å². The number of aryl methyl sites for hydroxylation is 1. The molecule has 0 spiro atoms. The number of aliphatic carboxylic acids is 1. The number of nitrogens with one attached hydrogen (secondary N) is 1. The summed E-state index contributed by atoms with van der Waals surface area (Å²) in [5.41, 5.74) is 2.15. The van der Waals surface area contributed by atoms with Gasteiger partial charge in [0, 0.05) is 13.6 Å². The number of carboxylic acid groups (broad SMARTS) is 1. The molecule has 1 unspecified atom stereocenters. The van der Waals surface area contributed by atoms with Gasteiger partial charge < -0.3 is 15.3 Å². The van der Waals surface area contributed by atoms with Crippen LogP contribution < -0.4 is 5.32 Å². The molecule has 0 heterocycles. The van der Waals surface area contributed by atoms with Gasteiger partial charge in [0.15, 0.2) is 0 Å². The van der Waals surface area contributed by atoms with Gasteiger partial charge in [0.05, 0.1) is 0 Å². The van der Waals surface area contributed by atoms with Crippen LogP contribution >= 0.6 is 0 Å². The van der Waals surface area contributed by atoms with Crippen molar-refractivity contribution in [2.45, 2.75) is 45.7 Å². The molecule has 5 nitrogen and oxygen atoms in total. The van der Waals surface area contributed by atoms with Crippen LogP contribution in [0.2, 0.25) is 0 Å². The molecule has 0 bridgehead atoms. The normalized spacial score (nSPS) is 11.8. The van der Waals surface area contributed by atoms with Gasteiger partial charge in [-0.25, -0.2) is 9.59 Å². The Labute approximate surface area is 126 Å². The van der Waals surface area contributed by atoms with E-state index in [4.69, 9.17) is 5.11 Å². The topological polar surface area (TPSA) is 69.6 Å². The second-order valence-corrected chi connectivity index (χ2v) is 5.33. The molecule has 1 rings (SSSR count). The summed E-state index contributed by atoms with van der Waals surface area (Å²) >= 11 is 0. The number of carbonyl (C=O) groups is 2. The Hall–Kier alpha value is -2.04. The Bertz CT molecular complexity index is 488. The van der Waals surface area contributed by atoms with Crippen LogP contribution in [0.25, 0.3) is 0 Å². The first-order valence-electron chi connectivity index (χ1n) is 7.24. The maximum absolute atomic E-state index is 12.1. The minimum Gasteiger partial charge on any atom is -0.480 e. The Balaban J connectivity index is 2.58. The highest BCUT2D eigenvalue weighted by Gasteiger charge is 2.21. The van der Waals surface area contributed by atoms with Crippen LogP contribution in [0, 0.1) is 6.92 Å². The van der Waals surface area contributed by atoms with E-state index >= 15 is 0 Å². The lowest BCUT2D eigenvalue weighted by Gasteiger charge is -2.21. The van der Waals surface area contributed by atoms with Gasteiger partial charge in [0.1, 0.15) is 6.04 Å². The minimum absolute atomic E-state index is 0.361. The van der Waals surface area contributed by atoms with E-state index in [1.165, 1.54) is 4.90 Å². The second kappa shape index (κ2) is 8.29. The van der Waals surface area contributed by atoms with Crippen molar-refractivity contribution < 1.29 is 14.7 Å². The summed E-state index contributed by atoms with van der Waals surface area (Å²) in [6, 6.07) is 6.71. The molecule has 0 saturated carbocycles. The molecular formula is C16H24N2O3. The molecule has 0 aromatic heterocycles. The molecule has 1 aromatic carbocycles. The van der Waals surface area contributed by atoms with Crippen molar-refractivity contribution in [1.82, 2.24) is 10.2 Å². The van der Waals surface area contributed by atoms with Crippen molar-refractivity contribution in [1.29, 1.82) is 0 Å². The summed E-state index contributed by atoms with van der Waals surface area (Å²) in [5, 5.41) is 11.7. The lowest BCUT2D eigenvalue weighted by molar-refractivity contribution is -0.139. The number of rotatable bonds is 7. The maximum Gasteiger partial charge on any atom is 0.326 e. The highest BCUT2D eigenvalue weighted by Crippen LogP contribution is 2.07. The van der Waals surface area contributed by atoms with E-state index in [0.29, 0.717) is 13.0 Å². The van der Waals surface area contributed by atoms with E-state index in [0.717, 1.165) is 24.0 Å². The van der Waals surface area contributed by atoms with E-state index in [1.54, 1.807) is 7.05 Å². The van der Waals surface area contributed by atoms with Gasteiger partial charge in [-0.3, -0.25) is 0 Å². The van der Waals surface area contributed by atoms with E-state index < -0.39 is 12.0 Å². The molecule has 0 aliphatic carbocycles. The zero-order chi connectivity index (χ0) is 15.8. The Kier molecular flexibility index (Phi) is 6.72. The number of carboxylic acids is 1. The first kappa shape index (κ1) is 17.0. The zero-order valence-electron chi connectivity index (χ0n) is 12.9. The fourth-order valence-corrected chi connectivity index (χ4v) is 2.08. The van der Waals surface area contributed by atoms with Crippen molar-refractivity contribution in [3.05, 3.63) is 35.4 Å². The molecule has 0 saturated heterocycles. The number of carbonyl (C=O) groups excluding carboxylic acids is 1. The Morgan fingerprint density at radius 2 is 2.10 bits per heavy atom. The number of urea groups is 1. The third-order valence-electron chi connectivity index (χ3n) is 3.29. The summed E-state index contributed by atoms with van der Waals surface area (Å²) in [6.07, 6.45) is 2.13. The van der Waals surface area contributed by atoms with E-state index in [1.807, 2.05) is 38.1 Å². The Morgan fingerprint density at radius 1 is 1.38 bits per heavy atom. The zero-order valence-corrected chi connectivity index (χ0v) is 12.9. The van der Waals surface area contributed by atoms with Crippen molar-refractivity contribution in [3.63, 3.8) is 0 Å². The van der Waals surface area contributed by atoms with Gasteiger partial charge in [-0.1, -0.05) is 49.6 Å². The molecule has 5 heteroatoms. The second-order valence-electron chi connectivity index (χ2n) is 5.33. The SMILES string of the molecule is CCCCC(NC(=O)N(C)Cc1cccc(C)c1)C(=O)O. The number of hydrogen-bond acceptors (Lipinski definition) is 2. The number of unbranched alkanes of at least 4 members (excludes halogenated alkanes) is 1. The molecule has 2 N–H and O–H groups in total. The smallest absolute Gasteiger partial charge is 0.326 e. The van der Waals surface area contributed by atoms with Crippen LogP contribution in [-0.4, -0.2) is 35.1 Å². The quantitative estimate of drug-likeness (QED) is 0.812. The molecule has 116 valence electrons. The third kappa shape index (κ3) is 5.85. The van der Waals surface area contributed by atoms with Crippen molar-refractivity contribution in [2.24, 2.45) is 0 Å². The average Bonchev–Trinajstić information content (AvgIpc) is 2.42. The summed E-state index contributed by atoms with van der Waals surface area (Å²) in [4.78, 5) is 24.7. The van der Waals surface area contributed by atoms with Crippen LogP contribution in [-0.2, 0) is 11.3 Å². The van der Waals surface area contributed by atoms with Crippen LogP contribution in [0.1, 0.15) is 37.3 Å². The average molecular weight is 292 g/mol. The lowest BCUT2D eigenvalue weighted by atomic mass is 10.1. The van der Waals surface area contributed by atoms with Crippen molar-refractivity contribution >= 4 is 12.0 Å². The summed E-state index contributed by atoms with van der Waals surface area (Å²) in [5.74, 6) is -0.985. The van der Waals surface area contributed by atoms with Gasteiger partial charge in [-0.15, -0.1) is 0 Å². The number of amides is 2. The molecule has 1 atom stereocenters. The first-order valence-corrected chi connectivity index (χ1v) is 7.24. The highest BCUT2D eigenvalue weighted by atomic mass is 16.4. The molecular weight excluding hydrogens is 268 g/mol. The van der Waals surface area contributed by atoms with Gasteiger partial charge in [-0.05, 0) is 18.9 Å².